The number of alkyl halides is 2. The molecule has 0 spiro atoms. The minimum absolute atomic E-state index is 0.0176. The molecule has 19 heavy (non-hydrogen) atoms. The van der Waals surface area contributed by atoms with Crippen LogP contribution < -0.4 is 10.1 Å². The first kappa shape index (κ1) is 14.9. The number of carbonyl (C=O) groups excluding carboxylic acids is 1. The maximum Gasteiger partial charge on any atom is 0.387 e. The third-order valence-electron chi connectivity index (χ3n) is 2.38. The summed E-state index contributed by atoms with van der Waals surface area (Å²) in [6.07, 6.45) is 0. The normalized spacial score (nSPS) is 12.0. The summed E-state index contributed by atoms with van der Waals surface area (Å²) < 4.78 is 28.0. The van der Waals surface area contributed by atoms with Gasteiger partial charge < -0.3 is 15.2 Å². The van der Waals surface area contributed by atoms with E-state index in [-0.39, 0.29) is 12.3 Å². The fourth-order valence-corrected chi connectivity index (χ4v) is 1.24. The molecule has 1 aromatic carbocycles. The Kier molecular flexibility index (Phi) is 5.23. The molecular formula is C12H13F2NO4. The lowest BCUT2D eigenvalue weighted by Gasteiger charge is -2.09. The highest BCUT2D eigenvalue weighted by molar-refractivity contribution is 5.96. The van der Waals surface area contributed by atoms with Crippen LogP contribution in [0.4, 0.5) is 8.78 Å². The molecule has 7 heteroatoms. The maximum absolute atomic E-state index is 11.9. The Hall–Kier alpha value is -2.18. The smallest absolute Gasteiger partial charge is 0.387 e. The third kappa shape index (κ3) is 4.90. The van der Waals surface area contributed by atoms with E-state index in [0.717, 1.165) is 0 Å². The van der Waals surface area contributed by atoms with Gasteiger partial charge in [0.25, 0.3) is 0 Å². The Morgan fingerprint density at radius 1 is 1.32 bits per heavy atom. The summed E-state index contributed by atoms with van der Waals surface area (Å²) in [5.74, 6) is -2.94. The topological polar surface area (TPSA) is 75.6 Å². The van der Waals surface area contributed by atoms with Gasteiger partial charge in [-0.05, 0) is 24.6 Å². The van der Waals surface area contributed by atoms with Gasteiger partial charge in [-0.1, -0.05) is 12.1 Å². The van der Waals surface area contributed by atoms with E-state index in [1.165, 1.54) is 31.2 Å². The van der Waals surface area contributed by atoms with Gasteiger partial charge in [0, 0.05) is 6.54 Å². The van der Waals surface area contributed by atoms with Crippen LogP contribution in [0, 0.1) is 5.92 Å². The largest absolute Gasteiger partial charge is 0.481 e. The Morgan fingerprint density at radius 2 is 1.89 bits per heavy atom. The van der Waals surface area contributed by atoms with Gasteiger partial charge in [0.2, 0.25) is 5.91 Å². The lowest BCUT2D eigenvalue weighted by molar-refractivity contribution is -0.146. The van der Waals surface area contributed by atoms with Gasteiger partial charge in [0.05, 0.1) is 0 Å². The van der Waals surface area contributed by atoms with Crippen LogP contribution in [0.1, 0.15) is 12.5 Å². The number of ether oxygens (including phenoxy) is 1. The summed E-state index contributed by atoms with van der Waals surface area (Å²) in [5, 5.41) is 11.1. The Morgan fingerprint density at radius 3 is 2.37 bits per heavy atom. The van der Waals surface area contributed by atoms with Crippen molar-refractivity contribution in [1.82, 2.24) is 5.32 Å². The van der Waals surface area contributed by atoms with Crippen LogP contribution in [0.3, 0.4) is 0 Å². The van der Waals surface area contributed by atoms with E-state index in [0.29, 0.717) is 5.56 Å². The van der Waals surface area contributed by atoms with Crippen LogP contribution in [-0.4, -0.2) is 23.6 Å². The maximum atomic E-state index is 11.9. The van der Waals surface area contributed by atoms with Crippen LogP contribution in [0.2, 0.25) is 0 Å². The second-order valence-electron chi connectivity index (χ2n) is 3.80. The molecule has 0 saturated heterocycles. The highest BCUT2D eigenvalue weighted by Gasteiger charge is 2.19. The molecule has 1 amide bonds. The standard InChI is InChI=1S/C12H13F2NO4/c1-7(11(17)18)10(16)15-6-8-2-4-9(5-3-8)19-12(13)14/h2-5,7,12H,6H2,1H3,(H,15,16)(H,17,18). The summed E-state index contributed by atoms with van der Waals surface area (Å²) in [6.45, 7) is -1.50. The molecule has 0 aromatic heterocycles. The number of nitrogens with one attached hydrogen (secondary N) is 1. The monoisotopic (exact) mass is 273 g/mol. The van der Waals surface area contributed by atoms with Crippen LogP contribution in [0.15, 0.2) is 24.3 Å². The number of benzene rings is 1. The Bertz CT molecular complexity index is 448. The van der Waals surface area contributed by atoms with Crippen LogP contribution in [-0.2, 0) is 16.1 Å². The molecule has 104 valence electrons. The number of hydrogen-bond donors (Lipinski definition) is 2. The molecule has 1 rings (SSSR count). The highest BCUT2D eigenvalue weighted by atomic mass is 19.3. The number of hydrogen-bond acceptors (Lipinski definition) is 3. The molecule has 0 heterocycles. The second-order valence-corrected chi connectivity index (χ2v) is 3.80. The van der Waals surface area contributed by atoms with Crippen LogP contribution in [0.25, 0.3) is 0 Å². The van der Waals surface area contributed by atoms with E-state index in [1.807, 2.05) is 0 Å². The van der Waals surface area contributed by atoms with Crippen molar-refractivity contribution in [2.24, 2.45) is 5.92 Å². The van der Waals surface area contributed by atoms with Gasteiger partial charge in [0.1, 0.15) is 11.7 Å². The number of carbonyl (C=O) groups is 2. The van der Waals surface area contributed by atoms with Crippen molar-refractivity contribution in [3.05, 3.63) is 29.8 Å². The molecule has 0 radical (unpaired) electrons. The first-order valence-corrected chi connectivity index (χ1v) is 5.44. The second kappa shape index (κ2) is 6.67. The summed E-state index contributed by atoms with van der Waals surface area (Å²) in [5.41, 5.74) is 0.646. The third-order valence-corrected chi connectivity index (χ3v) is 2.38. The molecule has 1 unspecified atom stereocenters. The Balaban J connectivity index is 2.50. The lowest BCUT2D eigenvalue weighted by atomic mass is 10.1. The molecule has 1 atom stereocenters. The van der Waals surface area contributed by atoms with Crippen molar-refractivity contribution in [2.75, 3.05) is 0 Å². The number of halogens is 2. The molecule has 0 bridgehead atoms. The van der Waals surface area contributed by atoms with Crippen molar-refractivity contribution < 1.29 is 28.2 Å². The molecule has 0 saturated carbocycles. The zero-order chi connectivity index (χ0) is 14.4. The number of carboxylic acids is 1. The summed E-state index contributed by atoms with van der Waals surface area (Å²) in [6, 6.07) is 5.69. The minimum atomic E-state index is -2.89. The molecule has 5 nitrogen and oxygen atoms in total. The SMILES string of the molecule is CC(C(=O)O)C(=O)NCc1ccc(OC(F)F)cc1. The fraction of sp³-hybridized carbons (Fsp3) is 0.333. The predicted molar refractivity (Wildman–Crippen MR) is 61.7 cm³/mol. The van der Waals surface area contributed by atoms with Gasteiger partial charge in [0.15, 0.2) is 0 Å². The highest BCUT2D eigenvalue weighted by Crippen LogP contribution is 2.14. The molecule has 0 fully saturated rings. The van der Waals surface area contributed by atoms with E-state index >= 15 is 0 Å². The molecule has 1 aromatic rings. The van der Waals surface area contributed by atoms with Crippen molar-refractivity contribution in [3.63, 3.8) is 0 Å². The molecular weight excluding hydrogens is 260 g/mol. The predicted octanol–water partition coefficient (Wildman–Crippen LogP) is 1.62. The summed E-state index contributed by atoms with van der Waals surface area (Å²) in [4.78, 5) is 21.9. The van der Waals surface area contributed by atoms with Gasteiger partial charge in [-0.25, -0.2) is 0 Å². The van der Waals surface area contributed by atoms with E-state index < -0.39 is 24.4 Å². The zero-order valence-corrected chi connectivity index (χ0v) is 10.1. The zero-order valence-electron chi connectivity index (χ0n) is 10.1. The number of rotatable bonds is 6. The average Bonchev–Trinajstić information content (AvgIpc) is 2.35. The van der Waals surface area contributed by atoms with Gasteiger partial charge in [-0.15, -0.1) is 0 Å². The van der Waals surface area contributed by atoms with E-state index in [2.05, 4.69) is 10.1 Å². The van der Waals surface area contributed by atoms with Gasteiger partial charge in [-0.3, -0.25) is 9.59 Å². The van der Waals surface area contributed by atoms with Crippen LogP contribution >= 0.6 is 0 Å². The van der Waals surface area contributed by atoms with Crippen molar-refractivity contribution >= 4 is 11.9 Å². The van der Waals surface area contributed by atoms with Gasteiger partial charge in [-0.2, -0.15) is 8.78 Å². The molecule has 0 aliphatic rings. The van der Waals surface area contributed by atoms with Crippen molar-refractivity contribution in [2.45, 2.75) is 20.1 Å². The van der Waals surface area contributed by atoms with E-state index in [1.54, 1.807) is 0 Å². The molecule has 2 N–H and O–H groups in total. The van der Waals surface area contributed by atoms with E-state index in [9.17, 15) is 18.4 Å². The summed E-state index contributed by atoms with van der Waals surface area (Å²) >= 11 is 0. The molecule has 0 aliphatic carbocycles. The summed E-state index contributed by atoms with van der Waals surface area (Å²) in [7, 11) is 0. The van der Waals surface area contributed by atoms with Crippen LogP contribution in [0.5, 0.6) is 5.75 Å². The minimum Gasteiger partial charge on any atom is -0.481 e. The van der Waals surface area contributed by atoms with Crippen molar-refractivity contribution in [1.29, 1.82) is 0 Å². The van der Waals surface area contributed by atoms with E-state index in [4.69, 9.17) is 5.11 Å². The number of aliphatic carboxylic acids is 1. The number of carboxylic acid groups (broad SMARTS) is 1. The lowest BCUT2D eigenvalue weighted by Crippen LogP contribution is -2.33. The fourth-order valence-electron chi connectivity index (χ4n) is 1.24. The van der Waals surface area contributed by atoms with Gasteiger partial charge >= 0.3 is 12.6 Å². The molecule has 0 aliphatic heterocycles. The first-order chi connectivity index (χ1) is 8.90. The Labute approximate surface area is 108 Å². The number of amides is 1. The van der Waals surface area contributed by atoms with Crippen molar-refractivity contribution in [3.8, 4) is 5.75 Å². The average molecular weight is 273 g/mol. The first-order valence-electron chi connectivity index (χ1n) is 5.44. The quantitative estimate of drug-likeness (QED) is 0.772.